The molecule has 1 aromatic carbocycles. The highest BCUT2D eigenvalue weighted by Gasteiger charge is 2.22. The summed E-state index contributed by atoms with van der Waals surface area (Å²) in [6.45, 7) is 9.61. The van der Waals surface area contributed by atoms with Gasteiger partial charge in [0.05, 0.1) is 5.02 Å². The molecule has 1 unspecified atom stereocenters. The fraction of sp³-hybridized carbons (Fsp3) is 0.429. The molecular weight excluding hydrogens is 237 g/mol. The molecule has 0 aliphatic heterocycles. The van der Waals surface area contributed by atoms with Crippen molar-refractivity contribution in [2.45, 2.75) is 20.3 Å². The van der Waals surface area contributed by atoms with Gasteiger partial charge in [-0.3, -0.25) is 0 Å². The smallest absolute Gasteiger partial charge is 0.144 e. The van der Waals surface area contributed by atoms with Crippen LogP contribution in [0.4, 0.5) is 4.39 Å². The van der Waals surface area contributed by atoms with Crippen LogP contribution in [0.15, 0.2) is 30.9 Å². The van der Waals surface area contributed by atoms with Crippen molar-refractivity contribution in [3.8, 4) is 0 Å². The number of hydrogen-bond donors (Lipinski definition) is 1. The molecule has 0 aliphatic carbocycles. The van der Waals surface area contributed by atoms with Crippen LogP contribution in [0, 0.1) is 11.2 Å². The monoisotopic (exact) mass is 255 g/mol. The van der Waals surface area contributed by atoms with Gasteiger partial charge in [-0.15, -0.1) is 6.58 Å². The molecule has 1 rings (SSSR count). The third kappa shape index (κ3) is 3.83. The standard InChI is InChI=1S/C14H19ClFN/c1-4-14(3,10-17-5-2)9-11-7-6-8-12(15)13(11)16/h4,6-8,17H,1,5,9-10H2,2-3H3. The molecule has 0 aliphatic rings. The zero-order chi connectivity index (χ0) is 12.9. The van der Waals surface area contributed by atoms with Crippen molar-refractivity contribution in [1.29, 1.82) is 0 Å². The predicted molar refractivity (Wildman–Crippen MR) is 72.0 cm³/mol. The minimum Gasteiger partial charge on any atom is -0.316 e. The molecule has 94 valence electrons. The second-order valence-electron chi connectivity index (χ2n) is 4.53. The molecule has 0 bridgehead atoms. The minimum atomic E-state index is -0.321. The molecule has 0 amide bonds. The predicted octanol–water partition coefficient (Wildman–Crippen LogP) is 3.82. The SMILES string of the molecule is C=CC(C)(CNCC)Cc1cccc(Cl)c1F. The maximum atomic E-state index is 13.8. The van der Waals surface area contributed by atoms with Gasteiger partial charge in [-0.1, -0.05) is 43.7 Å². The number of hydrogen-bond acceptors (Lipinski definition) is 1. The Morgan fingerprint density at radius 2 is 2.24 bits per heavy atom. The fourth-order valence-electron chi connectivity index (χ4n) is 1.74. The summed E-state index contributed by atoms with van der Waals surface area (Å²) in [5.41, 5.74) is 0.472. The van der Waals surface area contributed by atoms with Gasteiger partial charge in [0, 0.05) is 12.0 Å². The molecule has 1 atom stereocenters. The van der Waals surface area contributed by atoms with E-state index in [0.29, 0.717) is 12.0 Å². The molecule has 1 aromatic rings. The summed E-state index contributed by atoms with van der Waals surface area (Å²) < 4.78 is 13.8. The van der Waals surface area contributed by atoms with Gasteiger partial charge in [0.1, 0.15) is 5.82 Å². The second-order valence-corrected chi connectivity index (χ2v) is 4.94. The molecule has 1 N–H and O–H groups in total. The minimum absolute atomic E-state index is 0.165. The lowest BCUT2D eigenvalue weighted by molar-refractivity contribution is 0.389. The number of halogens is 2. The summed E-state index contributed by atoms with van der Waals surface area (Å²) in [5, 5.41) is 3.45. The highest BCUT2D eigenvalue weighted by molar-refractivity contribution is 6.30. The van der Waals surface area contributed by atoms with E-state index in [1.54, 1.807) is 18.2 Å². The van der Waals surface area contributed by atoms with E-state index in [-0.39, 0.29) is 16.3 Å². The lowest BCUT2D eigenvalue weighted by Crippen LogP contribution is -2.32. The van der Waals surface area contributed by atoms with Crippen molar-refractivity contribution >= 4 is 11.6 Å². The van der Waals surface area contributed by atoms with Crippen LogP contribution in [-0.4, -0.2) is 13.1 Å². The van der Waals surface area contributed by atoms with Crippen LogP contribution in [0.2, 0.25) is 5.02 Å². The van der Waals surface area contributed by atoms with Crippen molar-refractivity contribution in [2.75, 3.05) is 13.1 Å². The Balaban J connectivity index is 2.87. The summed E-state index contributed by atoms with van der Waals surface area (Å²) in [7, 11) is 0. The van der Waals surface area contributed by atoms with Crippen molar-refractivity contribution < 1.29 is 4.39 Å². The van der Waals surface area contributed by atoms with Gasteiger partial charge >= 0.3 is 0 Å². The largest absolute Gasteiger partial charge is 0.316 e. The van der Waals surface area contributed by atoms with Crippen LogP contribution in [-0.2, 0) is 6.42 Å². The van der Waals surface area contributed by atoms with Gasteiger partial charge in [-0.25, -0.2) is 4.39 Å². The molecule has 0 radical (unpaired) electrons. The van der Waals surface area contributed by atoms with Gasteiger partial charge in [0.25, 0.3) is 0 Å². The van der Waals surface area contributed by atoms with Crippen molar-refractivity contribution in [3.63, 3.8) is 0 Å². The highest BCUT2D eigenvalue weighted by Crippen LogP contribution is 2.27. The maximum absolute atomic E-state index is 13.8. The molecule has 0 heterocycles. The summed E-state index contributed by atoms with van der Waals surface area (Å²) in [5.74, 6) is -0.321. The first-order valence-corrected chi connectivity index (χ1v) is 6.17. The molecule has 1 nitrogen and oxygen atoms in total. The normalized spacial score (nSPS) is 14.4. The van der Waals surface area contributed by atoms with Gasteiger partial charge in [0.15, 0.2) is 0 Å². The highest BCUT2D eigenvalue weighted by atomic mass is 35.5. The van der Waals surface area contributed by atoms with Crippen LogP contribution >= 0.6 is 11.6 Å². The number of nitrogens with one attached hydrogen (secondary N) is 1. The maximum Gasteiger partial charge on any atom is 0.144 e. The molecule has 3 heteroatoms. The average molecular weight is 256 g/mol. The lowest BCUT2D eigenvalue weighted by Gasteiger charge is -2.26. The quantitative estimate of drug-likeness (QED) is 0.762. The van der Waals surface area contributed by atoms with Gasteiger partial charge < -0.3 is 5.32 Å². The Hall–Kier alpha value is -0.860. The lowest BCUT2D eigenvalue weighted by atomic mass is 9.83. The third-order valence-electron chi connectivity index (χ3n) is 2.90. The van der Waals surface area contributed by atoms with Crippen LogP contribution in [0.5, 0.6) is 0 Å². The van der Waals surface area contributed by atoms with Crippen LogP contribution in [0.3, 0.4) is 0 Å². The summed E-state index contributed by atoms with van der Waals surface area (Å²) in [4.78, 5) is 0. The molecular formula is C14H19ClFN. The zero-order valence-corrected chi connectivity index (χ0v) is 11.1. The van der Waals surface area contributed by atoms with E-state index in [9.17, 15) is 4.39 Å². The Bertz CT molecular complexity index is 392. The fourth-order valence-corrected chi connectivity index (χ4v) is 1.93. The molecule has 0 saturated carbocycles. The molecule has 0 saturated heterocycles. The first-order chi connectivity index (χ1) is 8.02. The van der Waals surface area contributed by atoms with E-state index in [1.165, 1.54) is 0 Å². The van der Waals surface area contributed by atoms with Gasteiger partial charge in [0.2, 0.25) is 0 Å². The third-order valence-corrected chi connectivity index (χ3v) is 3.19. The van der Waals surface area contributed by atoms with Crippen molar-refractivity contribution in [1.82, 2.24) is 5.32 Å². The van der Waals surface area contributed by atoms with Crippen molar-refractivity contribution in [3.05, 3.63) is 47.3 Å². The number of rotatable bonds is 6. The molecule has 17 heavy (non-hydrogen) atoms. The van der Waals surface area contributed by atoms with E-state index < -0.39 is 0 Å². The molecule has 0 fully saturated rings. The molecule has 0 spiro atoms. The van der Waals surface area contributed by atoms with Crippen LogP contribution in [0.25, 0.3) is 0 Å². The van der Waals surface area contributed by atoms with Gasteiger partial charge in [-0.05, 0) is 24.6 Å². The Morgan fingerprint density at radius 1 is 1.53 bits per heavy atom. The van der Waals surface area contributed by atoms with Crippen LogP contribution in [0.1, 0.15) is 19.4 Å². The van der Waals surface area contributed by atoms with Crippen LogP contribution < -0.4 is 5.32 Å². The summed E-state index contributed by atoms with van der Waals surface area (Å²) in [6.07, 6.45) is 2.46. The summed E-state index contributed by atoms with van der Waals surface area (Å²) >= 11 is 5.77. The molecule has 0 aromatic heterocycles. The average Bonchev–Trinajstić information content (AvgIpc) is 2.33. The Morgan fingerprint density at radius 3 is 2.82 bits per heavy atom. The van der Waals surface area contributed by atoms with E-state index in [2.05, 4.69) is 18.8 Å². The Labute approximate surface area is 108 Å². The van der Waals surface area contributed by atoms with E-state index in [0.717, 1.165) is 13.1 Å². The van der Waals surface area contributed by atoms with Gasteiger partial charge in [-0.2, -0.15) is 0 Å². The van der Waals surface area contributed by atoms with Crippen molar-refractivity contribution in [2.24, 2.45) is 5.41 Å². The first kappa shape index (κ1) is 14.2. The second kappa shape index (κ2) is 6.18. The first-order valence-electron chi connectivity index (χ1n) is 5.79. The number of benzene rings is 1. The Kier molecular flexibility index (Phi) is 5.16. The zero-order valence-electron chi connectivity index (χ0n) is 10.4. The summed E-state index contributed by atoms with van der Waals surface area (Å²) in [6, 6.07) is 5.11. The van der Waals surface area contributed by atoms with E-state index in [1.807, 2.05) is 13.0 Å². The van der Waals surface area contributed by atoms with E-state index in [4.69, 9.17) is 11.6 Å². The van der Waals surface area contributed by atoms with E-state index >= 15 is 0 Å². The topological polar surface area (TPSA) is 12.0 Å².